The van der Waals surface area contributed by atoms with E-state index in [9.17, 15) is 14.7 Å². The molecule has 0 bridgehead atoms. The van der Waals surface area contributed by atoms with Gasteiger partial charge in [0.2, 0.25) is 5.76 Å². The molecule has 2 heterocycles. The first-order valence-electron chi connectivity index (χ1n) is 7.89. The second kappa shape index (κ2) is 6.11. The van der Waals surface area contributed by atoms with Crippen LogP contribution < -0.4 is 0 Å². The predicted octanol–water partition coefficient (Wildman–Crippen LogP) is 2.54. The molecule has 2 atom stereocenters. The summed E-state index contributed by atoms with van der Waals surface area (Å²) in [5.74, 6) is -1.41. The molecule has 1 amide bonds. The molecule has 1 N–H and O–H groups in total. The number of hydrogen-bond acceptors (Lipinski definition) is 4. The van der Waals surface area contributed by atoms with Crippen LogP contribution in [0.2, 0.25) is 0 Å². The zero-order valence-electron chi connectivity index (χ0n) is 13.9. The number of carboxylic acid groups (broad SMARTS) is 1. The van der Waals surface area contributed by atoms with Gasteiger partial charge in [-0.05, 0) is 19.4 Å². The number of likely N-dealkylation sites (tertiary alicyclic amines) is 1. The van der Waals surface area contributed by atoms with Crippen LogP contribution in [0, 0.1) is 26.7 Å². The SMILES string of the molecule is Cc1ccc([C@H]2CN(C(=O)c3oc(C)nc3C)C[C@@H]2C(=O)O)cc1. The Morgan fingerprint density at radius 3 is 2.38 bits per heavy atom. The number of rotatable bonds is 3. The minimum atomic E-state index is -0.888. The molecule has 1 aliphatic heterocycles. The number of carbonyl (C=O) groups excluding carboxylic acids is 1. The van der Waals surface area contributed by atoms with Gasteiger partial charge in [0.15, 0.2) is 5.89 Å². The number of nitrogens with zero attached hydrogens (tertiary/aromatic N) is 2. The Kier molecular flexibility index (Phi) is 4.13. The highest BCUT2D eigenvalue weighted by molar-refractivity contribution is 5.93. The topological polar surface area (TPSA) is 83.6 Å². The molecule has 0 spiro atoms. The smallest absolute Gasteiger partial charge is 0.308 e. The molecule has 3 rings (SSSR count). The van der Waals surface area contributed by atoms with Gasteiger partial charge in [0.1, 0.15) is 0 Å². The number of carboxylic acids is 1. The van der Waals surface area contributed by atoms with Gasteiger partial charge in [0, 0.05) is 25.9 Å². The van der Waals surface area contributed by atoms with Crippen molar-refractivity contribution in [3.8, 4) is 0 Å². The molecule has 1 aromatic heterocycles. The third-order valence-corrected chi connectivity index (χ3v) is 4.53. The molecule has 1 aromatic carbocycles. The Bertz CT molecular complexity index is 779. The van der Waals surface area contributed by atoms with Crippen LogP contribution >= 0.6 is 0 Å². The maximum atomic E-state index is 12.7. The van der Waals surface area contributed by atoms with E-state index in [0.717, 1.165) is 11.1 Å². The summed E-state index contributed by atoms with van der Waals surface area (Å²) in [4.78, 5) is 30.0. The van der Waals surface area contributed by atoms with Gasteiger partial charge in [-0.15, -0.1) is 0 Å². The molecular formula is C18H20N2O4. The van der Waals surface area contributed by atoms with E-state index in [2.05, 4.69) is 4.98 Å². The summed E-state index contributed by atoms with van der Waals surface area (Å²) < 4.78 is 5.39. The summed E-state index contributed by atoms with van der Waals surface area (Å²) >= 11 is 0. The summed E-state index contributed by atoms with van der Waals surface area (Å²) in [6, 6.07) is 7.80. The van der Waals surface area contributed by atoms with Crippen molar-refractivity contribution in [2.75, 3.05) is 13.1 Å². The minimum Gasteiger partial charge on any atom is -0.481 e. The van der Waals surface area contributed by atoms with E-state index < -0.39 is 11.9 Å². The molecule has 0 aliphatic carbocycles. The van der Waals surface area contributed by atoms with Crippen LogP contribution in [0.4, 0.5) is 0 Å². The molecule has 0 unspecified atom stereocenters. The number of aryl methyl sites for hydroxylation is 3. The van der Waals surface area contributed by atoms with Crippen molar-refractivity contribution in [3.05, 3.63) is 52.7 Å². The molecule has 0 radical (unpaired) electrons. The van der Waals surface area contributed by atoms with Gasteiger partial charge >= 0.3 is 5.97 Å². The van der Waals surface area contributed by atoms with Crippen molar-refractivity contribution in [3.63, 3.8) is 0 Å². The van der Waals surface area contributed by atoms with E-state index in [1.807, 2.05) is 31.2 Å². The lowest BCUT2D eigenvalue weighted by Gasteiger charge is -2.15. The largest absolute Gasteiger partial charge is 0.481 e. The predicted molar refractivity (Wildman–Crippen MR) is 86.9 cm³/mol. The molecule has 1 fully saturated rings. The zero-order valence-corrected chi connectivity index (χ0v) is 13.9. The Balaban J connectivity index is 1.87. The average Bonchev–Trinajstić information content (AvgIpc) is 3.11. The number of carbonyl (C=O) groups is 2. The van der Waals surface area contributed by atoms with Crippen LogP contribution in [0.25, 0.3) is 0 Å². The van der Waals surface area contributed by atoms with Gasteiger partial charge in [-0.1, -0.05) is 29.8 Å². The molecule has 24 heavy (non-hydrogen) atoms. The average molecular weight is 328 g/mol. The summed E-state index contributed by atoms with van der Waals surface area (Å²) in [6.07, 6.45) is 0. The van der Waals surface area contributed by atoms with E-state index in [4.69, 9.17) is 4.42 Å². The molecule has 0 saturated carbocycles. The lowest BCUT2D eigenvalue weighted by atomic mass is 9.89. The fourth-order valence-corrected chi connectivity index (χ4v) is 3.24. The molecule has 126 valence electrons. The lowest BCUT2D eigenvalue weighted by molar-refractivity contribution is -0.141. The highest BCUT2D eigenvalue weighted by Gasteiger charge is 2.41. The van der Waals surface area contributed by atoms with E-state index in [0.29, 0.717) is 18.1 Å². The zero-order chi connectivity index (χ0) is 17.4. The monoisotopic (exact) mass is 328 g/mol. The number of aliphatic carboxylic acids is 1. The normalized spacial score (nSPS) is 20.4. The van der Waals surface area contributed by atoms with Gasteiger partial charge in [0.05, 0.1) is 11.6 Å². The number of oxazole rings is 1. The lowest BCUT2D eigenvalue weighted by Crippen LogP contribution is -2.30. The maximum Gasteiger partial charge on any atom is 0.308 e. The highest BCUT2D eigenvalue weighted by Crippen LogP contribution is 2.34. The quantitative estimate of drug-likeness (QED) is 0.936. The summed E-state index contributed by atoms with van der Waals surface area (Å²) in [5, 5.41) is 9.55. The van der Waals surface area contributed by atoms with Crippen molar-refractivity contribution < 1.29 is 19.1 Å². The maximum absolute atomic E-state index is 12.7. The molecular weight excluding hydrogens is 308 g/mol. The number of amides is 1. The summed E-state index contributed by atoms with van der Waals surface area (Å²) in [7, 11) is 0. The Morgan fingerprint density at radius 1 is 1.17 bits per heavy atom. The summed E-state index contributed by atoms with van der Waals surface area (Å²) in [6.45, 7) is 5.91. The van der Waals surface area contributed by atoms with Gasteiger partial charge in [0.25, 0.3) is 5.91 Å². The van der Waals surface area contributed by atoms with Gasteiger partial charge in [-0.25, -0.2) is 4.98 Å². The Morgan fingerprint density at radius 2 is 1.83 bits per heavy atom. The first kappa shape index (κ1) is 16.2. The van der Waals surface area contributed by atoms with Crippen LogP contribution in [-0.2, 0) is 4.79 Å². The number of aromatic nitrogens is 1. The Labute approximate surface area is 140 Å². The number of benzene rings is 1. The van der Waals surface area contributed by atoms with Crippen LogP contribution in [-0.4, -0.2) is 40.0 Å². The standard InChI is InChI=1S/C18H20N2O4/c1-10-4-6-13(7-5-10)14-8-20(9-15(14)18(22)23)17(21)16-11(2)19-12(3)24-16/h4-7,14-15H,8-9H2,1-3H3,(H,22,23)/t14-,15+/m1/s1. The van der Waals surface area contributed by atoms with Gasteiger partial charge < -0.3 is 14.4 Å². The van der Waals surface area contributed by atoms with Crippen LogP contribution in [0.1, 0.15) is 39.2 Å². The third kappa shape index (κ3) is 2.91. The fraction of sp³-hybridized carbons (Fsp3) is 0.389. The Hall–Kier alpha value is -2.63. The van der Waals surface area contributed by atoms with Crippen molar-refractivity contribution in [1.82, 2.24) is 9.88 Å². The van der Waals surface area contributed by atoms with E-state index >= 15 is 0 Å². The first-order valence-corrected chi connectivity index (χ1v) is 7.89. The van der Waals surface area contributed by atoms with Gasteiger partial charge in [-0.3, -0.25) is 9.59 Å². The minimum absolute atomic E-state index is 0.173. The second-order valence-corrected chi connectivity index (χ2v) is 6.32. The highest BCUT2D eigenvalue weighted by atomic mass is 16.4. The molecule has 6 nitrogen and oxygen atoms in total. The second-order valence-electron chi connectivity index (χ2n) is 6.32. The van der Waals surface area contributed by atoms with Gasteiger partial charge in [-0.2, -0.15) is 0 Å². The van der Waals surface area contributed by atoms with E-state index in [1.54, 1.807) is 18.7 Å². The third-order valence-electron chi connectivity index (χ3n) is 4.53. The van der Waals surface area contributed by atoms with Crippen LogP contribution in [0.3, 0.4) is 0 Å². The van der Waals surface area contributed by atoms with Crippen molar-refractivity contribution in [2.24, 2.45) is 5.92 Å². The van der Waals surface area contributed by atoms with Crippen molar-refractivity contribution in [2.45, 2.75) is 26.7 Å². The molecule has 1 saturated heterocycles. The molecule has 1 aliphatic rings. The molecule has 2 aromatic rings. The fourth-order valence-electron chi connectivity index (χ4n) is 3.24. The van der Waals surface area contributed by atoms with Crippen molar-refractivity contribution in [1.29, 1.82) is 0 Å². The van der Waals surface area contributed by atoms with Crippen molar-refractivity contribution >= 4 is 11.9 Å². The summed E-state index contributed by atoms with van der Waals surface area (Å²) in [5.41, 5.74) is 2.58. The number of hydrogen-bond donors (Lipinski definition) is 1. The van der Waals surface area contributed by atoms with E-state index in [1.165, 1.54) is 0 Å². The van der Waals surface area contributed by atoms with Crippen LogP contribution in [0.15, 0.2) is 28.7 Å². The molecule has 6 heteroatoms. The van der Waals surface area contributed by atoms with E-state index in [-0.39, 0.29) is 24.1 Å². The first-order chi connectivity index (χ1) is 11.4. The van der Waals surface area contributed by atoms with Crippen LogP contribution in [0.5, 0.6) is 0 Å².